The molecule has 0 bridgehead atoms. The van der Waals surface area contributed by atoms with Crippen LogP contribution in [0.1, 0.15) is 38.0 Å². The second-order valence-electron chi connectivity index (χ2n) is 4.68. The Hall–Kier alpha value is -1.74. The van der Waals surface area contributed by atoms with Crippen molar-refractivity contribution in [1.29, 1.82) is 0 Å². The van der Waals surface area contributed by atoms with E-state index >= 15 is 0 Å². The van der Waals surface area contributed by atoms with Gasteiger partial charge in [0.15, 0.2) is 0 Å². The molecule has 3 rings (SSSR count). The van der Waals surface area contributed by atoms with Crippen LogP contribution in [0.5, 0.6) is 0 Å². The van der Waals surface area contributed by atoms with E-state index in [0.717, 1.165) is 10.0 Å². The Balaban J connectivity index is 1.76. The highest BCUT2D eigenvalue weighted by molar-refractivity contribution is 7.99. The molecule has 110 valence electrons. The molecule has 0 fully saturated rings. The summed E-state index contributed by atoms with van der Waals surface area (Å²) in [4.78, 5) is 0.970. The third-order valence-corrected chi connectivity index (χ3v) is 4.65. The maximum absolute atomic E-state index is 5.73. The summed E-state index contributed by atoms with van der Waals surface area (Å²) in [5.74, 6) is 1.12. The van der Waals surface area contributed by atoms with Gasteiger partial charge in [0.05, 0.1) is 16.2 Å². The molecule has 1 unspecified atom stereocenters. The molecule has 0 aliphatic heterocycles. The molecule has 9 heteroatoms. The maximum atomic E-state index is 5.73. The first-order valence-electron chi connectivity index (χ1n) is 6.47. The minimum atomic E-state index is -0.0188. The van der Waals surface area contributed by atoms with Gasteiger partial charge in [-0.15, -0.1) is 26.6 Å². The highest BCUT2D eigenvalue weighted by Crippen LogP contribution is 2.34. The largest absolute Gasteiger partial charge is 0.419 e. The van der Waals surface area contributed by atoms with E-state index in [1.165, 1.54) is 11.8 Å². The van der Waals surface area contributed by atoms with Gasteiger partial charge in [-0.05, 0) is 42.6 Å². The third-order valence-electron chi connectivity index (χ3n) is 2.75. The fraction of sp³-hybridized carbons (Fsp3) is 0.417. The van der Waals surface area contributed by atoms with E-state index in [-0.39, 0.29) is 11.3 Å². The maximum Gasteiger partial charge on any atom is 0.257 e. The Morgan fingerprint density at radius 3 is 2.81 bits per heavy atom. The van der Waals surface area contributed by atoms with E-state index in [1.807, 2.05) is 38.3 Å². The van der Waals surface area contributed by atoms with E-state index in [1.54, 1.807) is 16.0 Å². The number of rotatable bonds is 5. The monoisotopic (exact) mass is 322 g/mol. The van der Waals surface area contributed by atoms with Gasteiger partial charge < -0.3 is 4.42 Å². The zero-order valence-corrected chi connectivity index (χ0v) is 13.4. The number of thioether (sulfide) groups is 1. The van der Waals surface area contributed by atoms with Gasteiger partial charge in [-0.1, -0.05) is 17.8 Å². The molecular formula is C12H14N6OS2. The van der Waals surface area contributed by atoms with Gasteiger partial charge in [-0.25, -0.2) is 4.68 Å². The van der Waals surface area contributed by atoms with Crippen molar-refractivity contribution < 1.29 is 4.42 Å². The molecule has 7 nitrogen and oxygen atoms in total. The quantitative estimate of drug-likeness (QED) is 0.667. The fourth-order valence-corrected chi connectivity index (χ4v) is 3.29. The molecule has 3 aromatic heterocycles. The van der Waals surface area contributed by atoms with E-state index < -0.39 is 0 Å². The fourth-order valence-electron chi connectivity index (χ4n) is 1.69. The van der Waals surface area contributed by atoms with Crippen molar-refractivity contribution in [3.63, 3.8) is 0 Å². The second kappa shape index (κ2) is 5.94. The number of aromatic nitrogens is 6. The van der Waals surface area contributed by atoms with Gasteiger partial charge in [-0.2, -0.15) is 0 Å². The molecule has 3 heterocycles. The molecule has 0 aliphatic carbocycles. The molecule has 0 saturated carbocycles. The molecular weight excluding hydrogens is 308 g/mol. The number of thiophene rings is 1. The number of hydrogen-bond acceptors (Lipinski definition) is 8. The van der Waals surface area contributed by atoms with E-state index in [9.17, 15) is 0 Å². The Morgan fingerprint density at radius 1 is 1.24 bits per heavy atom. The predicted molar refractivity (Wildman–Crippen MR) is 80.1 cm³/mol. The highest BCUT2D eigenvalue weighted by atomic mass is 32.2. The van der Waals surface area contributed by atoms with Gasteiger partial charge >= 0.3 is 0 Å². The summed E-state index contributed by atoms with van der Waals surface area (Å²) in [6.07, 6.45) is 0. The Morgan fingerprint density at radius 2 is 2.10 bits per heavy atom. The van der Waals surface area contributed by atoms with Crippen LogP contribution in [0.3, 0.4) is 0 Å². The SMILES string of the molecule is CC(Sc1nnnn1C(C)C)c1nnc(-c2cccs2)o1. The van der Waals surface area contributed by atoms with Crippen LogP contribution in [0.15, 0.2) is 27.1 Å². The van der Waals surface area contributed by atoms with Gasteiger partial charge in [0.1, 0.15) is 0 Å². The van der Waals surface area contributed by atoms with Crippen molar-refractivity contribution in [1.82, 2.24) is 30.4 Å². The van der Waals surface area contributed by atoms with Gasteiger partial charge in [-0.3, -0.25) is 0 Å². The first-order valence-corrected chi connectivity index (χ1v) is 8.23. The van der Waals surface area contributed by atoms with Crippen molar-refractivity contribution in [2.45, 2.75) is 37.2 Å². The standard InChI is InChI=1S/C12H14N6OS2/c1-7(2)18-12(15-16-17-18)21-8(3)10-13-14-11(19-10)9-5-4-6-20-9/h4-8H,1-3H3. The van der Waals surface area contributed by atoms with E-state index in [2.05, 4.69) is 25.7 Å². The number of tetrazole rings is 1. The summed E-state index contributed by atoms with van der Waals surface area (Å²) in [5.41, 5.74) is 0. The van der Waals surface area contributed by atoms with Crippen LogP contribution in [0.25, 0.3) is 10.8 Å². The van der Waals surface area contributed by atoms with Crippen molar-refractivity contribution in [2.75, 3.05) is 0 Å². The number of hydrogen-bond donors (Lipinski definition) is 0. The molecule has 0 N–H and O–H groups in total. The summed E-state index contributed by atoms with van der Waals surface area (Å²) < 4.78 is 7.50. The van der Waals surface area contributed by atoms with Gasteiger partial charge in [0, 0.05) is 0 Å². The van der Waals surface area contributed by atoms with Crippen LogP contribution in [-0.4, -0.2) is 30.4 Å². The molecule has 0 amide bonds. The molecule has 0 aliphatic rings. The van der Waals surface area contributed by atoms with Crippen molar-refractivity contribution in [3.05, 3.63) is 23.4 Å². The molecule has 0 radical (unpaired) electrons. The Kier molecular flexibility index (Phi) is 4.02. The summed E-state index contributed by atoms with van der Waals surface area (Å²) >= 11 is 3.08. The first-order chi connectivity index (χ1) is 10.1. The smallest absolute Gasteiger partial charge is 0.257 e. The minimum Gasteiger partial charge on any atom is -0.419 e. The van der Waals surface area contributed by atoms with Crippen molar-refractivity contribution in [2.24, 2.45) is 0 Å². The lowest BCUT2D eigenvalue weighted by Gasteiger charge is -2.09. The molecule has 0 aromatic carbocycles. The molecule has 0 saturated heterocycles. The average Bonchev–Trinajstić information content (AvgIpc) is 3.19. The predicted octanol–water partition coefficient (Wildman–Crippen LogP) is 3.22. The second-order valence-corrected chi connectivity index (χ2v) is 6.94. The van der Waals surface area contributed by atoms with Crippen LogP contribution in [-0.2, 0) is 0 Å². The first kappa shape index (κ1) is 14.2. The van der Waals surface area contributed by atoms with Crippen molar-refractivity contribution in [3.8, 4) is 10.8 Å². The van der Waals surface area contributed by atoms with Gasteiger partial charge in [0.25, 0.3) is 5.89 Å². The normalized spacial score (nSPS) is 13.0. The number of nitrogens with zero attached hydrogens (tertiary/aromatic N) is 6. The minimum absolute atomic E-state index is 0.0188. The zero-order valence-electron chi connectivity index (χ0n) is 11.8. The van der Waals surface area contributed by atoms with Crippen LogP contribution >= 0.6 is 23.1 Å². The third kappa shape index (κ3) is 2.98. The van der Waals surface area contributed by atoms with E-state index in [4.69, 9.17) is 4.42 Å². The van der Waals surface area contributed by atoms with Crippen LogP contribution in [0, 0.1) is 0 Å². The Bertz CT molecular complexity index is 705. The van der Waals surface area contributed by atoms with E-state index in [0.29, 0.717) is 11.8 Å². The summed E-state index contributed by atoms with van der Waals surface area (Å²) in [6.45, 7) is 6.06. The van der Waals surface area contributed by atoms with Crippen LogP contribution in [0.4, 0.5) is 0 Å². The molecule has 1 atom stereocenters. The summed E-state index contributed by atoms with van der Waals surface area (Å²) in [5, 5.41) is 22.6. The lowest BCUT2D eigenvalue weighted by atomic mass is 10.4. The lowest BCUT2D eigenvalue weighted by Crippen LogP contribution is -2.05. The Labute approximate surface area is 129 Å². The molecule has 3 aromatic rings. The molecule has 21 heavy (non-hydrogen) atoms. The molecule has 0 spiro atoms. The summed E-state index contributed by atoms with van der Waals surface area (Å²) in [7, 11) is 0. The van der Waals surface area contributed by atoms with Crippen LogP contribution < -0.4 is 0 Å². The lowest BCUT2D eigenvalue weighted by molar-refractivity contribution is 0.474. The highest BCUT2D eigenvalue weighted by Gasteiger charge is 2.20. The van der Waals surface area contributed by atoms with Gasteiger partial charge in [0.2, 0.25) is 11.0 Å². The van der Waals surface area contributed by atoms with Crippen molar-refractivity contribution >= 4 is 23.1 Å². The zero-order chi connectivity index (χ0) is 14.8. The van der Waals surface area contributed by atoms with Crippen LogP contribution in [0.2, 0.25) is 0 Å². The topological polar surface area (TPSA) is 82.5 Å². The summed E-state index contributed by atoms with van der Waals surface area (Å²) in [6, 6.07) is 4.12. The average molecular weight is 322 g/mol.